The van der Waals surface area contributed by atoms with Crippen LogP contribution in [0.5, 0.6) is 0 Å². The van der Waals surface area contributed by atoms with E-state index in [0.29, 0.717) is 5.95 Å². The third-order valence-corrected chi connectivity index (χ3v) is 3.38. The van der Waals surface area contributed by atoms with Gasteiger partial charge in [0.2, 0.25) is 17.8 Å². The van der Waals surface area contributed by atoms with Gasteiger partial charge in [0.15, 0.2) is 0 Å². The maximum absolute atomic E-state index is 11.0. The second-order valence-electron chi connectivity index (χ2n) is 5.89. The zero-order chi connectivity index (χ0) is 16.8. The molecule has 6 heteroatoms. The Morgan fingerprint density at radius 1 is 1.13 bits per heavy atom. The molecule has 122 valence electrons. The summed E-state index contributed by atoms with van der Waals surface area (Å²) in [7, 11) is 0. The highest BCUT2D eigenvalue weighted by Crippen LogP contribution is 2.13. The molecule has 0 bridgehead atoms. The lowest BCUT2D eigenvalue weighted by Crippen LogP contribution is -2.19. The monoisotopic (exact) mass is 313 g/mol. The molecule has 6 nitrogen and oxygen atoms in total. The number of hydrogen-bond acceptors (Lipinski definition) is 5. The first kappa shape index (κ1) is 16.9. The molecular weight excluding hydrogens is 290 g/mol. The van der Waals surface area contributed by atoms with Gasteiger partial charge in [-0.3, -0.25) is 10.1 Å². The van der Waals surface area contributed by atoms with Gasteiger partial charge in [0, 0.05) is 13.0 Å². The molecule has 1 aromatic carbocycles. The van der Waals surface area contributed by atoms with E-state index in [0.717, 1.165) is 12.8 Å². The van der Waals surface area contributed by atoms with E-state index in [1.54, 1.807) is 0 Å². The number of carbonyl (C=O) groups is 1. The summed E-state index contributed by atoms with van der Waals surface area (Å²) in [5.41, 5.74) is 3.92. The summed E-state index contributed by atoms with van der Waals surface area (Å²) < 4.78 is 0. The van der Waals surface area contributed by atoms with Crippen molar-refractivity contribution in [3.63, 3.8) is 0 Å². The quantitative estimate of drug-likeness (QED) is 0.857. The Balaban J connectivity index is 1.91. The van der Waals surface area contributed by atoms with Gasteiger partial charge >= 0.3 is 0 Å². The molecule has 0 fully saturated rings. The first-order valence-electron chi connectivity index (χ1n) is 7.72. The van der Waals surface area contributed by atoms with Gasteiger partial charge in [-0.15, -0.1) is 0 Å². The average molecular weight is 313 g/mol. The van der Waals surface area contributed by atoms with Gasteiger partial charge in [-0.1, -0.05) is 29.3 Å². The number of nitrogens with zero attached hydrogens (tertiary/aromatic N) is 3. The summed E-state index contributed by atoms with van der Waals surface area (Å²) in [6.07, 6.45) is 3.33. The third-order valence-electron chi connectivity index (χ3n) is 3.38. The second kappa shape index (κ2) is 7.67. The highest BCUT2D eigenvalue weighted by atomic mass is 16.1. The maximum atomic E-state index is 11.0. The topological polar surface area (TPSA) is 79.8 Å². The van der Waals surface area contributed by atoms with Crippen LogP contribution in [0.2, 0.25) is 0 Å². The van der Waals surface area contributed by atoms with Crippen LogP contribution in [-0.2, 0) is 11.2 Å². The van der Waals surface area contributed by atoms with E-state index >= 15 is 0 Å². The SMILES string of the molecule is CC(=O)Nc1ncnc(NC(C)CCc2cc(C)cc(C)c2)n1. The van der Waals surface area contributed by atoms with E-state index in [-0.39, 0.29) is 17.9 Å². The van der Waals surface area contributed by atoms with Crippen molar-refractivity contribution in [1.29, 1.82) is 0 Å². The number of hydrogen-bond donors (Lipinski definition) is 2. The van der Waals surface area contributed by atoms with Crippen LogP contribution in [0.25, 0.3) is 0 Å². The molecule has 1 amide bonds. The van der Waals surface area contributed by atoms with Crippen molar-refractivity contribution >= 4 is 17.8 Å². The zero-order valence-corrected chi connectivity index (χ0v) is 14.1. The normalized spacial score (nSPS) is 11.8. The van der Waals surface area contributed by atoms with Crippen molar-refractivity contribution in [3.05, 3.63) is 41.2 Å². The zero-order valence-electron chi connectivity index (χ0n) is 14.1. The van der Waals surface area contributed by atoms with Crippen LogP contribution in [0.3, 0.4) is 0 Å². The van der Waals surface area contributed by atoms with Crippen molar-refractivity contribution in [1.82, 2.24) is 15.0 Å². The van der Waals surface area contributed by atoms with Gasteiger partial charge in [-0.25, -0.2) is 9.97 Å². The molecule has 23 heavy (non-hydrogen) atoms. The molecule has 0 aliphatic rings. The first-order valence-corrected chi connectivity index (χ1v) is 7.72. The van der Waals surface area contributed by atoms with E-state index in [4.69, 9.17) is 0 Å². The Kier molecular flexibility index (Phi) is 5.62. The van der Waals surface area contributed by atoms with E-state index < -0.39 is 0 Å². The van der Waals surface area contributed by atoms with Gasteiger partial charge in [-0.2, -0.15) is 4.98 Å². The summed E-state index contributed by atoms with van der Waals surface area (Å²) >= 11 is 0. The second-order valence-corrected chi connectivity index (χ2v) is 5.89. The summed E-state index contributed by atoms with van der Waals surface area (Å²) in [5.74, 6) is 0.526. The Labute approximate surface area is 136 Å². The number of nitrogens with one attached hydrogen (secondary N) is 2. The van der Waals surface area contributed by atoms with Gasteiger partial charge in [-0.05, 0) is 39.2 Å². The number of carbonyl (C=O) groups excluding carboxylic acids is 1. The number of aromatic nitrogens is 3. The van der Waals surface area contributed by atoms with Crippen LogP contribution in [0.4, 0.5) is 11.9 Å². The molecule has 0 saturated heterocycles. The maximum Gasteiger partial charge on any atom is 0.234 e. The van der Waals surface area contributed by atoms with Crippen LogP contribution in [0.15, 0.2) is 24.5 Å². The fourth-order valence-corrected chi connectivity index (χ4v) is 2.47. The summed E-state index contributed by atoms with van der Waals surface area (Å²) in [6.45, 7) is 7.74. The molecule has 1 atom stereocenters. The average Bonchev–Trinajstić information content (AvgIpc) is 2.44. The Morgan fingerprint density at radius 2 is 1.78 bits per heavy atom. The molecule has 0 saturated carbocycles. The highest BCUT2D eigenvalue weighted by Gasteiger charge is 2.07. The number of anilines is 2. The highest BCUT2D eigenvalue weighted by molar-refractivity contribution is 5.86. The third kappa shape index (κ3) is 5.65. The molecule has 0 aliphatic heterocycles. The molecule has 2 rings (SSSR count). The Morgan fingerprint density at radius 3 is 2.43 bits per heavy atom. The Hall–Kier alpha value is -2.50. The minimum Gasteiger partial charge on any atom is -0.352 e. The summed E-state index contributed by atoms with van der Waals surface area (Å²) in [4.78, 5) is 23.2. The minimum atomic E-state index is -0.204. The van der Waals surface area contributed by atoms with Crippen molar-refractivity contribution in [3.8, 4) is 0 Å². The van der Waals surface area contributed by atoms with E-state index in [2.05, 4.69) is 64.6 Å². The smallest absolute Gasteiger partial charge is 0.234 e. The van der Waals surface area contributed by atoms with Gasteiger partial charge in [0.1, 0.15) is 6.33 Å². The molecule has 1 heterocycles. The molecule has 2 N–H and O–H groups in total. The van der Waals surface area contributed by atoms with Gasteiger partial charge in [0.25, 0.3) is 0 Å². The lowest BCUT2D eigenvalue weighted by Gasteiger charge is -2.14. The van der Waals surface area contributed by atoms with Crippen molar-refractivity contribution in [2.24, 2.45) is 0 Å². The molecule has 1 aromatic heterocycles. The van der Waals surface area contributed by atoms with Crippen LogP contribution in [-0.4, -0.2) is 26.9 Å². The van der Waals surface area contributed by atoms with E-state index in [1.165, 1.54) is 29.9 Å². The number of amides is 1. The van der Waals surface area contributed by atoms with Crippen molar-refractivity contribution in [2.75, 3.05) is 10.6 Å². The predicted molar refractivity (Wildman–Crippen MR) is 91.5 cm³/mol. The molecule has 0 radical (unpaired) electrons. The largest absolute Gasteiger partial charge is 0.352 e. The number of rotatable bonds is 6. The lowest BCUT2D eigenvalue weighted by molar-refractivity contribution is -0.114. The van der Waals surface area contributed by atoms with Crippen LogP contribution < -0.4 is 10.6 Å². The predicted octanol–water partition coefficient (Wildman–Crippen LogP) is 2.88. The standard InChI is InChI=1S/C17H23N5O/c1-11-7-12(2)9-15(8-11)6-5-13(3)20-16-18-10-19-17(22-16)21-14(4)23/h7-10,13H,5-6H2,1-4H3,(H2,18,19,20,21,22,23). The fourth-order valence-electron chi connectivity index (χ4n) is 2.47. The molecule has 1 unspecified atom stereocenters. The summed E-state index contributed by atoms with van der Waals surface area (Å²) in [6, 6.07) is 6.83. The van der Waals surface area contributed by atoms with Crippen molar-refractivity contribution < 1.29 is 4.79 Å². The number of benzene rings is 1. The fraction of sp³-hybridized carbons (Fsp3) is 0.412. The van der Waals surface area contributed by atoms with Gasteiger partial charge < -0.3 is 5.32 Å². The van der Waals surface area contributed by atoms with Crippen molar-refractivity contribution in [2.45, 2.75) is 46.6 Å². The Bertz CT molecular complexity index is 666. The molecule has 2 aromatic rings. The van der Waals surface area contributed by atoms with Gasteiger partial charge in [0.05, 0.1) is 0 Å². The van der Waals surface area contributed by atoms with Crippen LogP contribution >= 0.6 is 0 Å². The molecule has 0 spiro atoms. The number of aryl methyl sites for hydroxylation is 3. The minimum absolute atomic E-state index is 0.204. The summed E-state index contributed by atoms with van der Waals surface area (Å²) in [5, 5.41) is 5.79. The molecular formula is C17H23N5O. The van der Waals surface area contributed by atoms with Crippen LogP contribution in [0, 0.1) is 13.8 Å². The molecule has 0 aliphatic carbocycles. The van der Waals surface area contributed by atoms with E-state index in [1.807, 2.05) is 0 Å². The van der Waals surface area contributed by atoms with Crippen LogP contribution in [0.1, 0.15) is 37.0 Å². The lowest BCUT2D eigenvalue weighted by atomic mass is 10.0. The van der Waals surface area contributed by atoms with E-state index in [9.17, 15) is 4.79 Å². The first-order chi connectivity index (χ1) is 10.9.